The zero-order chi connectivity index (χ0) is 25.0. The van der Waals surface area contributed by atoms with Crippen LogP contribution in [-0.2, 0) is 16.6 Å². The maximum atomic E-state index is 12.9. The fourth-order valence-electron chi connectivity index (χ4n) is 2.56. The van der Waals surface area contributed by atoms with Gasteiger partial charge in [0.1, 0.15) is 6.33 Å². The largest absolute Gasteiger partial charge is 0.467 e. The fourth-order valence-corrected chi connectivity index (χ4v) is 3.76. The molecule has 2 aromatic heterocycles. The number of sulfonamides is 1. The molecular weight excluding hydrogens is 496 g/mol. The van der Waals surface area contributed by atoms with Gasteiger partial charge in [-0.15, -0.1) is 0 Å². The molecule has 16 heteroatoms. The van der Waals surface area contributed by atoms with Crippen LogP contribution < -0.4 is 14.2 Å². The summed E-state index contributed by atoms with van der Waals surface area (Å²) in [5.74, 6) is -2.29. The highest BCUT2D eigenvalue weighted by Gasteiger charge is 2.35. The van der Waals surface area contributed by atoms with E-state index < -0.39 is 52.2 Å². The van der Waals surface area contributed by atoms with Gasteiger partial charge in [0.2, 0.25) is 16.7 Å². The molecule has 0 radical (unpaired) electrons. The van der Waals surface area contributed by atoms with Crippen molar-refractivity contribution in [2.75, 3.05) is 17.9 Å². The molecular formula is C18H15F6N5O4S. The second-order valence-electron chi connectivity index (χ2n) is 6.64. The van der Waals surface area contributed by atoms with E-state index in [0.717, 1.165) is 11.8 Å². The van der Waals surface area contributed by atoms with Gasteiger partial charge in [-0.05, 0) is 5.56 Å². The Labute approximate surface area is 188 Å². The molecule has 0 aliphatic carbocycles. The molecule has 3 aromatic rings. The summed E-state index contributed by atoms with van der Waals surface area (Å²) in [6.45, 7) is -3.66. The predicted octanol–water partition coefficient (Wildman–Crippen LogP) is 3.40. The summed E-state index contributed by atoms with van der Waals surface area (Å²) in [7, 11) is -4.88. The summed E-state index contributed by atoms with van der Waals surface area (Å²) in [6, 6.07) is 8.94. The highest BCUT2D eigenvalue weighted by atomic mass is 32.2. The summed E-state index contributed by atoms with van der Waals surface area (Å²) in [5.41, 5.74) is 0.700. The van der Waals surface area contributed by atoms with Gasteiger partial charge in [0.25, 0.3) is 10.0 Å². The Hall–Kier alpha value is -3.56. The maximum Gasteiger partial charge on any atom is 0.422 e. The van der Waals surface area contributed by atoms with Crippen LogP contribution in [0, 0.1) is 0 Å². The lowest BCUT2D eigenvalue weighted by atomic mass is 10.2. The SMILES string of the molecule is O=S(=O)(Nc1cnn(Cc2ccccc2)c1)c1c(OCC(F)(F)F)ncnc1OCC(F)(F)F. The number of anilines is 1. The minimum absolute atomic E-state index is 0.136. The Morgan fingerprint density at radius 1 is 0.912 bits per heavy atom. The molecule has 0 aliphatic rings. The summed E-state index contributed by atoms with van der Waals surface area (Å²) in [6.07, 6.45) is -6.90. The van der Waals surface area contributed by atoms with Gasteiger partial charge in [0.15, 0.2) is 13.2 Å². The lowest BCUT2D eigenvalue weighted by Gasteiger charge is -2.16. The van der Waals surface area contributed by atoms with E-state index in [1.165, 1.54) is 10.9 Å². The third kappa shape index (κ3) is 7.23. The lowest BCUT2D eigenvalue weighted by Crippen LogP contribution is -2.24. The van der Waals surface area contributed by atoms with Gasteiger partial charge in [-0.2, -0.15) is 31.4 Å². The maximum absolute atomic E-state index is 12.9. The Morgan fingerprint density at radius 2 is 1.47 bits per heavy atom. The second-order valence-corrected chi connectivity index (χ2v) is 8.26. The molecule has 0 saturated heterocycles. The summed E-state index contributed by atoms with van der Waals surface area (Å²) >= 11 is 0. The van der Waals surface area contributed by atoms with Crippen molar-refractivity contribution in [1.82, 2.24) is 19.7 Å². The van der Waals surface area contributed by atoms with Gasteiger partial charge in [0, 0.05) is 6.20 Å². The van der Waals surface area contributed by atoms with Crippen molar-refractivity contribution >= 4 is 15.7 Å². The van der Waals surface area contributed by atoms with E-state index in [1.807, 2.05) is 4.72 Å². The monoisotopic (exact) mass is 511 g/mol. The molecule has 2 heterocycles. The topological polar surface area (TPSA) is 108 Å². The van der Waals surface area contributed by atoms with Crippen molar-refractivity contribution < 1.29 is 44.2 Å². The van der Waals surface area contributed by atoms with Gasteiger partial charge < -0.3 is 9.47 Å². The highest BCUT2D eigenvalue weighted by Crippen LogP contribution is 2.33. The number of nitrogens with zero attached hydrogens (tertiary/aromatic N) is 4. The molecule has 1 N–H and O–H groups in total. The van der Waals surface area contributed by atoms with Crippen molar-refractivity contribution in [2.45, 2.75) is 23.8 Å². The zero-order valence-corrected chi connectivity index (χ0v) is 17.7. The number of halogens is 6. The molecule has 1 aromatic carbocycles. The number of ether oxygens (including phenoxy) is 2. The van der Waals surface area contributed by atoms with Crippen LogP contribution >= 0.6 is 0 Å². The Bertz CT molecular complexity index is 1180. The first-order valence-corrected chi connectivity index (χ1v) is 10.6. The molecule has 0 unspecified atom stereocenters. The van der Waals surface area contributed by atoms with Gasteiger partial charge in [-0.1, -0.05) is 30.3 Å². The van der Waals surface area contributed by atoms with Gasteiger partial charge in [-0.25, -0.2) is 18.4 Å². The summed E-state index contributed by atoms with van der Waals surface area (Å²) in [4.78, 5) is 5.41. The van der Waals surface area contributed by atoms with E-state index in [-0.39, 0.29) is 12.2 Å². The average Bonchev–Trinajstić information content (AvgIpc) is 3.16. The Balaban J connectivity index is 1.90. The van der Waals surface area contributed by atoms with Crippen LogP contribution in [0.15, 0.2) is 53.9 Å². The first kappa shape index (κ1) is 25.1. The first-order valence-electron chi connectivity index (χ1n) is 9.16. The van der Waals surface area contributed by atoms with Crippen molar-refractivity contribution in [1.29, 1.82) is 0 Å². The van der Waals surface area contributed by atoms with Gasteiger partial charge in [-0.3, -0.25) is 9.40 Å². The molecule has 3 rings (SSSR count). The molecule has 0 fully saturated rings. The summed E-state index contributed by atoms with van der Waals surface area (Å²) < 4.78 is 113. The molecule has 34 heavy (non-hydrogen) atoms. The fraction of sp³-hybridized carbons (Fsp3) is 0.278. The molecule has 0 bridgehead atoms. The van der Waals surface area contributed by atoms with Crippen LogP contribution in [0.5, 0.6) is 11.8 Å². The Kier molecular flexibility index (Phi) is 7.18. The quantitative estimate of drug-likeness (QED) is 0.439. The molecule has 0 saturated carbocycles. The number of alkyl halides is 6. The van der Waals surface area contributed by atoms with E-state index in [1.54, 1.807) is 30.3 Å². The third-order valence-corrected chi connectivity index (χ3v) is 5.22. The van der Waals surface area contributed by atoms with E-state index in [2.05, 4.69) is 24.5 Å². The average molecular weight is 511 g/mol. The first-order chi connectivity index (χ1) is 15.8. The molecule has 184 valence electrons. The van der Waals surface area contributed by atoms with E-state index in [9.17, 15) is 34.8 Å². The van der Waals surface area contributed by atoms with Crippen molar-refractivity contribution in [3.8, 4) is 11.8 Å². The minimum Gasteiger partial charge on any atom is -0.467 e. The molecule has 0 amide bonds. The molecule has 0 aliphatic heterocycles. The van der Waals surface area contributed by atoms with Crippen LogP contribution in [0.25, 0.3) is 0 Å². The number of aromatic nitrogens is 4. The summed E-state index contributed by atoms with van der Waals surface area (Å²) in [5, 5.41) is 3.97. The molecule has 9 nitrogen and oxygen atoms in total. The van der Waals surface area contributed by atoms with E-state index in [4.69, 9.17) is 0 Å². The van der Waals surface area contributed by atoms with Crippen LogP contribution in [-0.4, -0.2) is 53.7 Å². The lowest BCUT2D eigenvalue weighted by molar-refractivity contribution is -0.155. The predicted molar refractivity (Wildman–Crippen MR) is 104 cm³/mol. The normalized spacial score (nSPS) is 12.4. The third-order valence-electron chi connectivity index (χ3n) is 3.83. The Morgan fingerprint density at radius 3 is 2.00 bits per heavy atom. The highest BCUT2D eigenvalue weighted by molar-refractivity contribution is 7.93. The number of benzene rings is 1. The van der Waals surface area contributed by atoms with Crippen LogP contribution in [0.1, 0.15) is 5.56 Å². The number of hydrogen-bond acceptors (Lipinski definition) is 7. The second kappa shape index (κ2) is 9.74. The van der Waals surface area contributed by atoms with Crippen molar-refractivity contribution in [3.05, 3.63) is 54.6 Å². The van der Waals surface area contributed by atoms with Crippen molar-refractivity contribution in [2.24, 2.45) is 0 Å². The van der Waals surface area contributed by atoms with E-state index in [0.29, 0.717) is 6.33 Å². The molecule has 0 atom stereocenters. The van der Waals surface area contributed by atoms with Crippen molar-refractivity contribution in [3.63, 3.8) is 0 Å². The van der Waals surface area contributed by atoms with Gasteiger partial charge in [0.05, 0.1) is 18.4 Å². The number of hydrogen-bond donors (Lipinski definition) is 1. The minimum atomic E-state index is -4.88. The molecule has 0 spiro atoms. The number of rotatable bonds is 9. The smallest absolute Gasteiger partial charge is 0.422 e. The van der Waals surface area contributed by atoms with Crippen LogP contribution in [0.2, 0.25) is 0 Å². The van der Waals surface area contributed by atoms with Crippen LogP contribution in [0.4, 0.5) is 32.0 Å². The van der Waals surface area contributed by atoms with Crippen LogP contribution in [0.3, 0.4) is 0 Å². The number of nitrogens with one attached hydrogen (secondary N) is 1. The standard InChI is InChI=1S/C18H15F6N5O4S/c19-17(20,21)9-32-15-14(16(26-11-25-15)33-10-18(22,23)24)34(30,31)28-13-6-27-29(8-13)7-12-4-2-1-3-5-12/h1-6,8,11,28H,7,9-10H2. The zero-order valence-electron chi connectivity index (χ0n) is 16.8. The van der Waals surface area contributed by atoms with Gasteiger partial charge >= 0.3 is 12.4 Å². The van der Waals surface area contributed by atoms with E-state index >= 15 is 0 Å².